The number of anilines is 2. The summed E-state index contributed by atoms with van der Waals surface area (Å²) in [5.74, 6) is 1.23. The summed E-state index contributed by atoms with van der Waals surface area (Å²) in [4.78, 5) is 20.0. The summed E-state index contributed by atoms with van der Waals surface area (Å²) in [6.07, 6.45) is 2.13. The van der Waals surface area contributed by atoms with Crippen molar-refractivity contribution in [3.8, 4) is 0 Å². The molecule has 0 unspecified atom stereocenters. The van der Waals surface area contributed by atoms with E-state index < -0.39 is 0 Å². The molecule has 21 heavy (non-hydrogen) atoms. The Morgan fingerprint density at radius 3 is 3.00 bits per heavy atom. The van der Waals surface area contributed by atoms with Crippen molar-refractivity contribution in [2.45, 2.75) is 30.8 Å². The second-order valence-corrected chi connectivity index (χ2v) is 5.72. The fourth-order valence-electron chi connectivity index (χ4n) is 1.70. The van der Waals surface area contributed by atoms with Crippen LogP contribution in [-0.2, 0) is 4.79 Å². The number of aromatic nitrogens is 4. The number of thioether (sulfide) groups is 1. The Morgan fingerprint density at radius 2 is 2.29 bits per heavy atom. The van der Waals surface area contributed by atoms with E-state index >= 15 is 0 Å². The third-order valence-corrected chi connectivity index (χ3v) is 3.65. The van der Waals surface area contributed by atoms with Crippen molar-refractivity contribution in [1.29, 1.82) is 0 Å². The van der Waals surface area contributed by atoms with Crippen molar-refractivity contribution in [2.24, 2.45) is 0 Å². The van der Waals surface area contributed by atoms with Gasteiger partial charge in [-0.2, -0.15) is 0 Å². The average molecular weight is 306 g/mol. The molecule has 3 N–H and O–H groups in total. The third kappa shape index (κ3) is 3.69. The summed E-state index contributed by atoms with van der Waals surface area (Å²) in [7, 11) is 0. The van der Waals surface area contributed by atoms with E-state index in [-0.39, 0.29) is 17.7 Å². The molecular weight excluding hydrogens is 292 g/mol. The fourth-order valence-corrected chi connectivity index (χ4v) is 2.41. The van der Waals surface area contributed by atoms with Crippen molar-refractivity contribution in [3.05, 3.63) is 17.7 Å². The number of nitrogen functional groups attached to an aromatic ring is 1. The van der Waals surface area contributed by atoms with Crippen molar-refractivity contribution in [2.75, 3.05) is 16.8 Å². The van der Waals surface area contributed by atoms with E-state index in [4.69, 9.17) is 10.2 Å². The Bertz CT molecular complexity index is 649. The highest BCUT2D eigenvalue weighted by Gasteiger charge is 2.29. The van der Waals surface area contributed by atoms with Crippen molar-refractivity contribution < 1.29 is 9.21 Å². The molecule has 0 bridgehead atoms. The monoisotopic (exact) mass is 306 g/mol. The van der Waals surface area contributed by atoms with Gasteiger partial charge in [0, 0.05) is 17.7 Å². The van der Waals surface area contributed by atoms with Gasteiger partial charge in [-0.15, -0.1) is 5.10 Å². The van der Waals surface area contributed by atoms with Gasteiger partial charge < -0.3 is 10.2 Å². The number of hydrogen-bond donors (Lipinski definition) is 2. The second-order valence-electron chi connectivity index (χ2n) is 4.77. The highest BCUT2D eigenvalue weighted by atomic mass is 32.2. The van der Waals surface area contributed by atoms with Crippen LogP contribution in [0.2, 0.25) is 0 Å². The van der Waals surface area contributed by atoms with Crippen LogP contribution in [0, 0.1) is 6.92 Å². The maximum atomic E-state index is 11.8. The molecule has 8 nitrogen and oxygen atoms in total. The first-order chi connectivity index (χ1) is 10.1. The van der Waals surface area contributed by atoms with Gasteiger partial charge in [0.2, 0.25) is 11.8 Å². The Kier molecular flexibility index (Phi) is 3.74. The van der Waals surface area contributed by atoms with Crippen LogP contribution >= 0.6 is 11.8 Å². The quantitative estimate of drug-likeness (QED) is 0.627. The number of carbonyl (C=O) groups is 1. The SMILES string of the molecule is Cc1cc(N)nc(SCC(=O)Nc2nnc(C3CC3)o2)n1. The minimum Gasteiger partial charge on any atom is -0.408 e. The molecule has 2 aromatic rings. The summed E-state index contributed by atoms with van der Waals surface area (Å²) in [6.45, 7) is 1.82. The maximum absolute atomic E-state index is 11.8. The van der Waals surface area contributed by atoms with Gasteiger partial charge in [0.25, 0.3) is 0 Å². The number of aryl methyl sites for hydroxylation is 1. The maximum Gasteiger partial charge on any atom is 0.322 e. The van der Waals surface area contributed by atoms with Gasteiger partial charge >= 0.3 is 6.01 Å². The smallest absolute Gasteiger partial charge is 0.322 e. The van der Waals surface area contributed by atoms with Crippen molar-refractivity contribution in [3.63, 3.8) is 0 Å². The molecule has 1 aliphatic carbocycles. The van der Waals surface area contributed by atoms with Crippen LogP contribution < -0.4 is 11.1 Å². The van der Waals surface area contributed by atoms with Crippen LogP contribution in [0.25, 0.3) is 0 Å². The largest absolute Gasteiger partial charge is 0.408 e. The first-order valence-corrected chi connectivity index (χ1v) is 7.46. The molecular formula is C12H14N6O2S. The molecule has 1 saturated carbocycles. The van der Waals surface area contributed by atoms with Crippen molar-refractivity contribution >= 4 is 29.5 Å². The van der Waals surface area contributed by atoms with Crippen LogP contribution in [0.5, 0.6) is 0 Å². The van der Waals surface area contributed by atoms with Gasteiger partial charge in [0.05, 0.1) is 5.75 Å². The molecule has 1 fully saturated rings. The standard InChI is InChI=1S/C12H14N6O2S/c1-6-4-8(13)15-12(14-6)21-5-9(19)16-11-18-17-10(20-11)7-2-3-7/h4,7H,2-3,5H2,1H3,(H2,13,14,15)(H,16,18,19). The first kappa shape index (κ1) is 13.8. The lowest BCUT2D eigenvalue weighted by molar-refractivity contribution is -0.113. The molecule has 0 aromatic carbocycles. The Labute approximate surface area is 124 Å². The average Bonchev–Trinajstić information content (AvgIpc) is 3.17. The zero-order valence-electron chi connectivity index (χ0n) is 11.4. The fraction of sp³-hybridized carbons (Fsp3) is 0.417. The molecule has 3 rings (SSSR count). The Balaban J connectivity index is 1.53. The number of nitrogens with two attached hydrogens (primary N) is 1. The van der Waals surface area contributed by atoms with Crippen LogP contribution in [0.1, 0.15) is 30.3 Å². The first-order valence-electron chi connectivity index (χ1n) is 6.47. The number of nitrogens with zero attached hydrogens (tertiary/aromatic N) is 4. The summed E-state index contributed by atoms with van der Waals surface area (Å²) in [5, 5.41) is 10.7. The second kappa shape index (κ2) is 5.68. The van der Waals surface area contributed by atoms with E-state index in [2.05, 4.69) is 25.5 Å². The van der Waals surface area contributed by atoms with E-state index in [0.29, 0.717) is 22.8 Å². The van der Waals surface area contributed by atoms with Crippen LogP contribution in [-0.4, -0.2) is 31.8 Å². The lowest BCUT2D eigenvalue weighted by Crippen LogP contribution is -2.14. The normalized spacial score (nSPS) is 14.1. The molecule has 2 heterocycles. The van der Waals surface area contributed by atoms with Gasteiger partial charge in [0.15, 0.2) is 5.16 Å². The summed E-state index contributed by atoms with van der Waals surface area (Å²) >= 11 is 1.20. The summed E-state index contributed by atoms with van der Waals surface area (Å²) in [5.41, 5.74) is 6.39. The predicted molar refractivity (Wildman–Crippen MR) is 76.8 cm³/mol. The summed E-state index contributed by atoms with van der Waals surface area (Å²) in [6, 6.07) is 1.80. The third-order valence-electron chi connectivity index (χ3n) is 2.80. The van der Waals surface area contributed by atoms with Crippen molar-refractivity contribution in [1.82, 2.24) is 20.2 Å². The molecule has 0 radical (unpaired) electrons. The summed E-state index contributed by atoms with van der Waals surface area (Å²) < 4.78 is 5.35. The molecule has 0 saturated heterocycles. The van der Waals surface area contributed by atoms with Gasteiger partial charge in [-0.1, -0.05) is 16.9 Å². The molecule has 0 aliphatic heterocycles. The van der Waals surface area contributed by atoms with Crippen LogP contribution in [0.4, 0.5) is 11.8 Å². The number of rotatable bonds is 5. The number of hydrogen-bond acceptors (Lipinski definition) is 8. The van der Waals surface area contributed by atoms with Gasteiger partial charge in [0.1, 0.15) is 5.82 Å². The minimum absolute atomic E-state index is 0.132. The molecule has 1 amide bonds. The van der Waals surface area contributed by atoms with E-state index in [1.165, 1.54) is 11.8 Å². The number of nitrogens with one attached hydrogen (secondary N) is 1. The number of amides is 1. The zero-order valence-corrected chi connectivity index (χ0v) is 12.2. The highest BCUT2D eigenvalue weighted by molar-refractivity contribution is 7.99. The van der Waals surface area contributed by atoms with E-state index in [1.807, 2.05) is 6.92 Å². The number of carbonyl (C=O) groups excluding carboxylic acids is 1. The Morgan fingerprint density at radius 1 is 1.48 bits per heavy atom. The van der Waals surface area contributed by atoms with E-state index in [1.54, 1.807) is 6.07 Å². The van der Waals surface area contributed by atoms with Gasteiger partial charge in [-0.3, -0.25) is 10.1 Å². The van der Waals surface area contributed by atoms with Gasteiger partial charge in [-0.05, 0) is 19.8 Å². The van der Waals surface area contributed by atoms with E-state index in [9.17, 15) is 4.79 Å². The van der Waals surface area contributed by atoms with Gasteiger partial charge in [-0.25, -0.2) is 9.97 Å². The Hall–Kier alpha value is -2.16. The molecule has 9 heteroatoms. The molecule has 1 aliphatic rings. The van der Waals surface area contributed by atoms with Crippen LogP contribution in [0.15, 0.2) is 15.6 Å². The minimum atomic E-state index is -0.255. The topological polar surface area (TPSA) is 120 Å². The lowest BCUT2D eigenvalue weighted by Gasteiger charge is -2.02. The molecule has 2 aromatic heterocycles. The highest BCUT2D eigenvalue weighted by Crippen LogP contribution is 2.39. The molecule has 110 valence electrons. The lowest BCUT2D eigenvalue weighted by atomic mass is 10.4. The molecule has 0 atom stereocenters. The zero-order chi connectivity index (χ0) is 14.8. The molecule has 0 spiro atoms. The van der Waals surface area contributed by atoms with Crippen LogP contribution in [0.3, 0.4) is 0 Å². The van der Waals surface area contributed by atoms with E-state index in [0.717, 1.165) is 18.5 Å². The predicted octanol–water partition coefficient (Wildman–Crippen LogP) is 1.36.